The highest BCUT2D eigenvalue weighted by atomic mass is 16.5. The van der Waals surface area contributed by atoms with E-state index < -0.39 is 0 Å². The maximum Gasteiger partial charge on any atom is 0.145 e. The fourth-order valence-corrected chi connectivity index (χ4v) is 3.87. The summed E-state index contributed by atoms with van der Waals surface area (Å²) in [4.78, 5) is 13.7. The van der Waals surface area contributed by atoms with Gasteiger partial charge in [0, 0.05) is 23.7 Å². The van der Waals surface area contributed by atoms with Gasteiger partial charge in [-0.25, -0.2) is 9.97 Å². The number of nitrogens with one attached hydrogen (secondary N) is 1. The third kappa shape index (κ3) is 3.42. The molecule has 3 aromatic heterocycles. The fraction of sp³-hybridized carbons (Fsp3) is 0.476. The molecular weight excluding hydrogens is 354 g/mol. The summed E-state index contributed by atoms with van der Waals surface area (Å²) in [6.45, 7) is 4.34. The zero-order chi connectivity index (χ0) is 19.0. The van der Waals surface area contributed by atoms with Gasteiger partial charge in [0.25, 0.3) is 0 Å². The molecule has 3 aromatic rings. The van der Waals surface area contributed by atoms with Gasteiger partial charge in [-0.3, -0.25) is 9.38 Å². The van der Waals surface area contributed by atoms with Crippen LogP contribution >= 0.6 is 0 Å². The van der Waals surface area contributed by atoms with Crippen molar-refractivity contribution >= 4 is 11.5 Å². The van der Waals surface area contributed by atoms with E-state index in [2.05, 4.69) is 22.2 Å². The van der Waals surface area contributed by atoms with Gasteiger partial charge < -0.3 is 14.8 Å². The SMILES string of the molecule is CC1(COc2ccn3c(-c4cncc(NC5CCCC5)n4)cnc3c2)COC1. The van der Waals surface area contributed by atoms with Gasteiger partial charge in [-0.05, 0) is 18.9 Å². The number of rotatable bonds is 6. The molecule has 2 fully saturated rings. The van der Waals surface area contributed by atoms with Crippen molar-refractivity contribution in [1.29, 1.82) is 0 Å². The quantitative estimate of drug-likeness (QED) is 0.706. The van der Waals surface area contributed by atoms with Crippen LogP contribution < -0.4 is 10.1 Å². The topological polar surface area (TPSA) is 73.6 Å². The zero-order valence-electron chi connectivity index (χ0n) is 16.1. The molecule has 4 heterocycles. The van der Waals surface area contributed by atoms with Gasteiger partial charge in [-0.1, -0.05) is 19.8 Å². The minimum atomic E-state index is 0.120. The lowest BCUT2D eigenvalue weighted by Crippen LogP contribution is -2.44. The first-order chi connectivity index (χ1) is 13.7. The Morgan fingerprint density at radius 3 is 2.89 bits per heavy atom. The van der Waals surface area contributed by atoms with E-state index in [1.54, 1.807) is 12.4 Å². The van der Waals surface area contributed by atoms with Crippen LogP contribution in [-0.2, 0) is 4.74 Å². The summed E-state index contributed by atoms with van der Waals surface area (Å²) in [6.07, 6.45) is 12.4. The van der Waals surface area contributed by atoms with Gasteiger partial charge in [0.1, 0.15) is 22.9 Å². The lowest BCUT2D eigenvalue weighted by atomic mass is 9.90. The van der Waals surface area contributed by atoms with E-state index in [0.717, 1.165) is 41.8 Å². The zero-order valence-corrected chi connectivity index (χ0v) is 16.1. The number of aromatic nitrogens is 4. The number of pyridine rings is 1. The number of ether oxygens (including phenoxy) is 2. The third-order valence-corrected chi connectivity index (χ3v) is 5.58. The number of fused-ring (bicyclic) bond motifs is 1. The molecule has 0 unspecified atom stereocenters. The van der Waals surface area contributed by atoms with Crippen LogP contribution in [0.3, 0.4) is 0 Å². The molecule has 7 nitrogen and oxygen atoms in total. The van der Waals surface area contributed by atoms with Gasteiger partial charge >= 0.3 is 0 Å². The maximum absolute atomic E-state index is 5.96. The molecule has 0 bridgehead atoms. The van der Waals surface area contributed by atoms with Crippen molar-refractivity contribution in [3.8, 4) is 17.1 Å². The molecule has 28 heavy (non-hydrogen) atoms. The average Bonchev–Trinajstić information content (AvgIpc) is 3.34. The average molecular weight is 379 g/mol. The Kier molecular flexibility index (Phi) is 4.39. The lowest BCUT2D eigenvalue weighted by molar-refractivity contribution is -0.120. The number of hydrogen-bond acceptors (Lipinski definition) is 6. The van der Waals surface area contributed by atoms with Crippen LogP contribution in [0.1, 0.15) is 32.6 Å². The summed E-state index contributed by atoms with van der Waals surface area (Å²) in [5.74, 6) is 1.65. The molecule has 1 saturated heterocycles. The van der Waals surface area contributed by atoms with Crippen molar-refractivity contribution in [3.05, 3.63) is 36.9 Å². The van der Waals surface area contributed by atoms with Gasteiger partial charge in [0.2, 0.25) is 0 Å². The highest BCUT2D eigenvalue weighted by molar-refractivity contribution is 5.61. The highest BCUT2D eigenvalue weighted by Crippen LogP contribution is 2.29. The van der Waals surface area contributed by atoms with Crippen LogP contribution in [0.5, 0.6) is 5.75 Å². The minimum absolute atomic E-state index is 0.120. The normalized spacial score (nSPS) is 18.9. The third-order valence-electron chi connectivity index (χ3n) is 5.58. The Morgan fingerprint density at radius 1 is 1.25 bits per heavy atom. The van der Waals surface area contributed by atoms with Crippen molar-refractivity contribution in [2.45, 2.75) is 38.6 Å². The Bertz CT molecular complexity index is 976. The molecule has 1 N–H and O–H groups in total. The summed E-state index contributed by atoms with van der Waals surface area (Å²) >= 11 is 0. The molecule has 5 rings (SSSR count). The monoisotopic (exact) mass is 379 g/mol. The molecule has 0 radical (unpaired) electrons. The van der Waals surface area contributed by atoms with Crippen LogP contribution in [0.25, 0.3) is 17.0 Å². The van der Waals surface area contributed by atoms with Crippen LogP contribution in [-0.4, -0.2) is 45.2 Å². The molecule has 0 aromatic carbocycles. The smallest absolute Gasteiger partial charge is 0.145 e. The molecule has 1 aliphatic heterocycles. The molecule has 0 amide bonds. The van der Waals surface area contributed by atoms with Crippen molar-refractivity contribution in [3.63, 3.8) is 0 Å². The Hall–Kier alpha value is -2.67. The Labute approximate surface area is 164 Å². The predicted molar refractivity (Wildman–Crippen MR) is 107 cm³/mol. The van der Waals surface area contributed by atoms with Crippen LogP contribution in [0, 0.1) is 5.41 Å². The number of anilines is 1. The second-order valence-corrected chi connectivity index (χ2v) is 8.24. The van der Waals surface area contributed by atoms with Gasteiger partial charge in [-0.2, -0.15) is 0 Å². The first-order valence-electron chi connectivity index (χ1n) is 9.95. The van der Waals surface area contributed by atoms with Crippen LogP contribution in [0.15, 0.2) is 36.9 Å². The van der Waals surface area contributed by atoms with E-state index in [9.17, 15) is 0 Å². The first kappa shape index (κ1) is 17.4. The molecular formula is C21H25N5O2. The van der Waals surface area contributed by atoms with E-state index in [1.165, 1.54) is 25.7 Å². The van der Waals surface area contributed by atoms with E-state index >= 15 is 0 Å². The van der Waals surface area contributed by atoms with Gasteiger partial charge in [0.05, 0.1) is 44.1 Å². The summed E-state index contributed by atoms with van der Waals surface area (Å²) in [5, 5.41) is 3.51. The van der Waals surface area contributed by atoms with Crippen LogP contribution in [0.2, 0.25) is 0 Å². The van der Waals surface area contributed by atoms with E-state index in [1.807, 2.05) is 28.9 Å². The van der Waals surface area contributed by atoms with Crippen LogP contribution in [0.4, 0.5) is 5.82 Å². The molecule has 0 spiro atoms. The van der Waals surface area contributed by atoms with Gasteiger partial charge in [0.15, 0.2) is 0 Å². The first-order valence-corrected chi connectivity index (χ1v) is 9.95. The number of nitrogens with zero attached hydrogens (tertiary/aromatic N) is 4. The summed E-state index contributed by atoms with van der Waals surface area (Å²) in [5.41, 5.74) is 2.68. The highest BCUT2D eigenvalue weighted by Gasteiger charge is 2.34. The number of hydrogen-bond donors (Lipinski definition) is 1. The summed E-state index contributed by atoms with van der Waals surface area (Å²) in [6, 6.07) is 4.43. The summed E-state index contributed by atoms with van der Waals surface area (Å²) < 4.78 is 13.3. The van der Waals surface area contributed by atoms with Crippen molar-refractivity contribution < 1.29 is 9.47 Å². The van der Waals surface area contributed by atoms with Gasteiger partial charge in [-0.15, -0.1) is 0 Å². The molecule has 146 valence electrons. The standard InChI is InChI=1S/C21H25N5O2/c1-21(12-27-13-21)14-28-16-6-7-26-18(10-23-20(26)8-16)17-9-22-11-19(25-17)24-15-4-2-3-5-15/h6-11,15H,2-5,12-14H2,1H3,(H,24,25). The Morgan fingerprint density at radius 2 is 2.11 bits per heavy atom. The molecule has 0 atom stereocenters. The lowest BCUT2D eigenvalue weighted by Gasteiger charge is -2.37. The van der Waals surface area contributed by atoms with E-state index in [-0.39, 0.29) is 5.41 Å². The Balaban J connectivity index is 1.35. The molecule has 2 aliphatic rings. The molecule has 1 saturated carbocycles. The fourth-order valence-electron chi connectivity index (χ4n) is 3.87. The summed E-state index contributed by atoms with van der Waals surface area (Å²) in [7, 11) is 0. The van der Waals surface area contributed by atoms with Crippen molar-refractivity contribution in [2.24, 2.45) is 5.41 Å². The van der Waals surface area contributed by atoms with Crippen molar-refractivity contribution in [2.75, 3.05) is 25.1 Å². The minimum Gasteiger partial charge on any atom is -0.493 e. The largest absolute Gasteiger partial charge is 0.493 e. The number of imidazole rings is 1. The molecule has 7 heteroatoms. The second kappa shape index (κ2) is 7.05. The predicted octanol–water partition coefficient (Wildman–Crippen LogP) is 3.56. The second-order valence-electron chi connectivity index (χ2n) is 8.24. The maximum atomic E-state index is 5.96. The molecule has 1 aliphatic carbocycles. The van der Waals surface area contributed by atoms with Crippen molar-refractivity contribution in [1.82, 2.24) is 19.4 Å². The van der Waals surface area contributed by atoms with E-state index in [0.29, 0.717) is 12.6 Å². The van der Waals surface area contributed by atoms with E-state index in [4.69, 9.17) is 14.5 Å².